The van der Waals surface area contributed by atoms with Crippen LogP contribution in [0.3, 0.4) is 0 Å². The fraction of sp³-hybridized carbons (Fsp3) is 0.625. The van der Waals surface area contributed by atoms with Crippen LogP contribution in [0.2, 0.25) is 0 Å². The standard InChI is InChI=1S/C8H16N6/c1-3-5(9)6-12-7(10)14-8(13-6)11-4-2/h5H,3-4,9H2,1-2H3,(H3,10,11,12,13,14)/t5-/m0/s1. The summed E-state index contributed by atoms with van der Waals surface area (Å²) in [5.74, 6) is 1.23. The van der Waals surface area contributed by atoms with Crippen LogP contribution in [0.5, 0.6) is 0 Å². The molecule has 0 fully saturated rings. The van der Waals surface area contributed by atoms with E-state index in [2.05, 4.69) is 20.3 Å². The van der Waals surface area contributed by atoms with Gasteiger partial charge in [0.1, 0.15) is 0 Å². The second-order valence-electron chi connectivity index (χ2n) is 2.92. The van der Waals surface area contributed by atoms with Crippen LogP contribution in [-0.4, -0.2) is 21.5 Å². The molecule has 0 amide bonds. The van der Waals surface area contributed by atoms with Crippen LogP contribution < -0.4 is 16.8 Å². The van der Waals surface area contributed by atoms with E-state index in [1.165, 1.54) is 0 Å². The Morgan fingerprint density at radius 3 is 2.57 bits per heavy atom. The molecule has 0 aliphatic rings. The van der Waals surface area contributed by atoms with E-state index in [1.54, 1.807) is 0 Å². The van der Waals surface area contributed by atoms with Gasteiger partial charge in [-0.15, -0.1) is 0 Å². The average Bonchev–Trinajstić information content (AvgIpc) is 2.16. The first kappa shape index (κ1) is 10.6. The molecule has 1 rings (SSSR count). The number of hydrogen-bond donors (Lipinski definition) is 3. The Hall–Kier alpha value is -1.43. The summed E-state index contributed by atoms with van der Waals surface area (Å²) < 4.78 is 0. The van der Waals surface area contributed by atoms with E-state index in [-0.39, 0.29) is 12.0 Å². The third-order valence-electron chi connectivity index (χ3n) is 1.78. The summed E-state index contributed by atoms with van der Waals surface area (Å²) in [6.45, 7) is 4.67. The van der Waals surface area contributed by atoms with Crippen molar-refractivity contribution in [1.82, 2.24) is 15.0 Å². The molecule has 6 nitrogen and oxygen atoms in total. The number of nitrogen functional groups attached to an aromatic ring is 1. The molecule has 0 aliphatic heterocycles. The number of nitrogens with two attached hydrogens (primary N) is 2. The van der Waals surface area contributed by atoms with Crippen LogP contribution in [0.1, 0.15) is 32.1 Å². The van der Waals surface area contributed by atoms with Crippen LogP contribution in [0.15, 0.2) is 0 Å². The summed E-state index contributed by atoms with van der Waals surface area (Å²) in [6, 6.07) is -0.183. The predicted octanol–water partition coefficient (Wildman–Crippen LogP) is 0.295. The molecule has 1 heterocycles. The van der Waals surface area contributed by atoms with Crippen molar-refractivity contribution in [3.05, 3.63) is 5.82 Å². The number of nitrogens with one attached hydrogen (secondary N) is 1. The minimum absolute atomic E-state index is 0.183. The van der Waals surface area contributed by atoms with Crippen molar-refractivity contribution in [1.29, 1.82) is 0 Å². The SMILES string of the molecule is CCNc1nc(N)nc([C@@H](N)CC)n1. The summed E-state index contributed by atoms with van der Waals surface area (Å²) in [7, 11) is 0. The predicted molar refractivity (Wildman–Crippen MR) is 55.6 cm³/mol. The zero-order valence-electron chi connectivity index (χ0n) is 8.49. The quantitative estimate of drug-likeness (QED) is 0.639. The van der Waals surface area contributed by atoms with Crippen LogP contribution in [0, 0.1) is 0 Å². The molecule has 0 bridgehead atoms. The maximum absolute atomic E-state index is 5.79. The van der Waals surface area contributed by atoms with Gasteiger partial charge in [-0.1, -0.05) is 6.92 Å². The van der Waals surface area contributed by atoms with E-state index in [0.29, 0.717) is 11.8 Å². The molecule has 1 atom stereocenters. The number of anilines is 2. The van der Waals surface area contributed by atoms with E-state index < -0.39 is 0 Å². The van der Waals surface area contributed by atoms with Gasteiger partial charge in [-0.25, -0.2) is 0 Å². The first-order valence-electron chi connectivity index (χ1n) is 4.68. The molecule has 0 radical (unpaired) electrons. The Morgan fingerprint density at radius 2 is 2.00 bits per heavy atom. The van der Waals surface area contributed by atoms with Gasteiger partial charge in [-0.3, -0.25) is 0 Å². The van der Waals surface area contributed by atoms with Gasteiger partial charge in [0, 0.05) is 6.54 Å². The van der Waals surface area contributed by atoms with Gasteiger partial charge in [-0.05, 0) is 13.3 Å². The van der Waals surface area contributed by atoms with Crippen molar-refractivity contribution in [2.75, 3.05) is 17.6 Å². The highest BCUT2D eigenvalue weighted by Crippen LogP contribution is 2.11. The molecule has 6 heteroatoms. The molecule has 0 saturated heterocycles. The Labute approximate surface area is 83.1 Å². The maximum atomic E-state index is 5.79. The molecule has 1 aromatic rings. The molecule has 0 aliphatic carbocycles. The fourth-order valence-corrected chi connectivity index (χ4v) is 0.995. The molecule has 0 aromatic carbocycles. The Balaban J connectivity index is 2.94. The van der Waals surface area contributed by atoms with Gasteiger partial charge in [0.25, 0.3) is 0 Å². The average molecular weight is 196 g/mol. The molecule has 14 heavy (non-hydrogen) atoms. The molecule has 5 N–H and O–H groups in total. The number of rotatable bonds is 4. The lowest BCUT2D eigenvalue weighted by Crippen LogP contribution is -2.16. The van der Waals surface area contributed by atoms with Gasteiger partial charge in [0.2, 0.25) is 11.9 Å². The number of nitrogens with zero attached hydrogens (tertiary/aromatic N) is 3. The molecule has 0 unspecified atom stereocenters. The lowest BCUT2D eigenvalue weighted by Gasteiger charge is -2.09. The highest BCUT2D eigenvalue weighted by atomic mass is 15.2. The number of hydrogen-bond acceptors (Lipinski definition) is 6. The van der Waals surface area contributed by atoms with Gasteiger partial charge in [0.05, 0.1) is 6.04 Å². The Kier molecular flexibility index (Phi) is 3.58. The lowest BCUT2D eigenvalue weighted by molar-refractivity contribution is 0.646. The van der Waals surface area contributed by atoms with Crippen LogP contribution >= 0.6 is 0 Å². The van der Waals surface area contributed by atoms with Gasteiger partial charge in [0.15, 0.2) is 5.82 Å². The van der Waals surface area contributed by atoms with Gasteiger partial charge in [-0.2, -0.15) is 15.0 Å². The molecular formula is C8H16N6. The topological polar surface area (TPSA) is 103 Å². The molecule has 1 aromatic heterocycles. The minimum Gasteiger partial charge on any atom is -0.368 e. The van der Waals surface area contributed by atoms with Crippen LogP contribution in [-0.2, 0) is 0 Å². The zero-order chi connectivity index (χ0) is 10.6. The highest BCUT2D eigenvalue weighted by Gasteiger charge is 2.09. The van der Waals surface area contributed by atoms with E-state index >= 15 is 0 Å². The minimum atomic E-state index is -0.183. The third kappa shape index (κ3) is 2.53. The lowest BCUT2D eigenvalue weighted by atomic mass is 10.2. The Morgan fingerprint density at radius 1 is 1.29 bits per heavy atom. The van der Waals surface area contributed by atoms with Crippen LogP contribution in [0.25, 0.3) is 0 Å². The van der Waals surface area contributed by atoms with E-state index in [4.69, 9.17) is 11.5 Å². The number of aromatic nitrogens is 3. The summed E-state index contributed by atoms with van der Waals surface area (Å²) >= 11 is 0. The molecule has 0 saturated carbocycles. The summed E-state index contributed by atoms with van der Waals surface area (Å²) in [4.78, 5) is 12.1. The summed E-state index contributed by atoms with van der Waals surface area (Å²) in [5, 5.41) is 2.97. The third-order valence-corrected chi connectivity index (χ3v) is 1.78. The molecule has 0 spiro atoms. The second kappa shape index (κ2) is 4.71. The monoisotopic (exact) mass is 196 g/mol. The first-order chi connectivity index (χ1) is 6.67. The van der Waals surface area contributed by atoms with Crippen molar-refractivity contribution in [2.45, 2.75) is 26.3 Å². The summed E-state index contributed by atoms with van der Waals surface area (Å²) in [5.41, 5.74) is 11.3. The van der Waals surface area contributed by atoms with Gasteiger partial charge >= 0.3 is 0 Å². The normalized spacial score (nSPS) is 12.5. The van der Waals surface area contributed by atoms with Crippen LogP contribution in [0.4, 0.5) is 11.9 Å². The van der Waals surface area contributed by atoms with Crippen molar-refractivity contribution < 1.29 is 0 Å². The van der Waals surface area contributed by atoms with E-state index in [9.17, 15) is 0 Å². The molecular weight excluding hydrogens is 180 g/mol. The second-order valence-corrected chi connectivity index (χ2v) is 2.92. The molecule has 78 valence electrons. The zero-order valence-corrected chi connectivity index (χ0v) is 8.49. The van der Waals surface area contributed by atoms with E-state index in [0.717, 1.165) is 13.0 Å². The van der Waals surface area contributed by atoms with Crippen molar-refractivity contribution in [2.24, 2.45) is 5.73 Å². The van der Waals surface area contributed by atoms with Gasteiger partial charge < -0.3 is 16.8 Å². The van der Waals surface area contributed by atoms with Crippen molar-refractivity contribution >= 4 is 11.9 Å². The van der Waals surface area contributed by atoms with Crippen molar-refractivity contribution in [3.8, 4) is 0 Å². The summed E-state index contributed by atoms with van der Waals surface area (Å²) in [6.07, 6.45) is 0.773. The Bertz CT molecular complexity index is 300. The maximum Gasteiger partial charge on any atom is 0.227 e. The van der Waals surface area contributed by atoms with Crippen molar-refractivity contribution in [3.63, 3.8) is 0 Å². The fourth-order valence-electron chi connectivity index (χ4n) is 0.995. The first-order valence-corrected chi connectivity index (χ1v) is 4.68. The largest absolute Gasteiger partial charge is 0.368 e. The smallest absolute Gasteiger partial charge is 0.227 e. The van der Waals surface area contributed by atoms with E-state index in [1.807, 2.05) is 13.8 Å². The highest BCUT2D eigenvalue weighted by molar-refractivity contribution is 5.31.